The first kappa shape index (κ1) is 20.8. The van der Waals surface area contributed by atoms with Crippen LogP contribution < -0.4 is 0 Å². The first-order valence-electron chi connectivity index (χ1n) is 7.70. The summed E-state index contributed by atoms with van der Waals surface area (Å²) in [7, 11) is 0. The highest BCUT2D eigenvalue weighted by Gasteiger charge is 2.23. The maximum Gasteiger partial charge on any atom is 0.341 e. The Morgan fingerprint density at radius 2 is 1.30 bits per heavy atom. The SMILES string of the molecule is C=C(C)COCCCCCCCCCCC[Si](Cl)(Cl)Cl. The van der Waals surface area contributed by atoms with Gasteiger partial charge < -0.3 is 4.74 Å². The molecule has 0 aromatic carbocycles. The molecule has 0 heterocycles. The third-order valence-corrected chi connectivity index (χ3v) is 5.72. The normalized spacial score (nSPS) is 11.8. The van der Waals surface area contributed by atoms with Crippen LogP contribution >= 0.6 is 33.2 Å². The summed E-state index contributed by atoms with van der Waals surface area (Å²) in [4.78, 5) is 0. The average molecular weight is 360 g/mol. The monoisotopic (exact) mass is 358 g/mol. The zero-order chi connectivity index (χ0) is 15.3. The van der Waals surface area contributed by atoms with Gasteiger partial charge in [0.2, 0.25) is 0 Å². The molecule has 0 rings (SSSR count). The zero-order valence-electron chi connectivity index (χ0n) is 12.7. The van der Waals surface area contributed by atoms with Gasteiger partial charge in [0.15, 0.2) is 0 Å². The molecule has 0 spiro atoms. The van der Waals surface area contributed by atoms with Crippen LogP contribution in [-0.4, -0.2) is 19.2 Å². The van der Waals surface area contributed by atoms with Gasteiger partial charge in [-0.1, -0.05) is 63.5 Å². The van der Waals surface area contributed by atoms with Crippen molar-refractivity contribution in [3.05, 3.63) is 12.2 Å². The molecule has 0 fully saturated rings. The summed E-state index contributed by atoms with van der Waals surface area (Å²) in [6.45, 7) is 7.38. The highest BCUT2D eigenvalue weighted by Crippen LogP contribution is 2.27. The summed E-state index contributed by atoms with van der Waals surface area (Å²) in [5.74, 6) is 0. The van der Waals surface area contributed by atoms with E-state index < -0.39 is 6.00 Å². The highest BCUT2D eigenvalue weighted by atomic mass is 35.8. The second-order valence-electron chi connectivity index (χ2n) is 5.56. The Morgan fingerprint density at radius 3 is 1.75 bits per heavy atom. The van der Waals surface area contributed by atoms with Crippen molar-refractivity contribution in [3.63, 3.8) is 0 Å². The van der Waals surface area contributed by atoms with E-state index in [1.165, 1.54) is 51.4 Å². The zero-order valence-corrected chi connectivity index (χ0v) is 16.0. The number of hydrogen-bond acceptors (Lipinski definition) is 1. The quantitative estimate of drug-likeness (QED) is 0.144. The van der Waals surface area contributed by atoms with E-state index in [4.69, 9.17) is 38.0 Å². The molecule has 0 aliphatic rings. The van der Waals surface area contributed by atoms with Crippen LogP contribution in [0.4, 0.5) is 0 Å². The van der Waals surface area contributed by atoms with Gasteiger partial charge in [-0.25, -0.2) is 0 Å². The molecule has 0 atom stereocenters. The molecule has 120 valence electrons. The fraction of sp³-hybridized carbons (Fsp3) is 0.867. The van der Waals surface area contributed by atoms with Crippen molar-refractivity contribution < 1.29 is 4.74 Å². The van der Waals surface area contributed by atoms with Crippen LogP contribution in [0.5, 0.6) is 0 Å². The Kier molecular flexibility index (Phi) is 14.0. The number of hydrogen-bond donors (Lipinski definition) is 0. The number of unbranched alkanes of at least 4 members (excludes halogenated alkanes) is 8. The van der Waals surface area contributed by atoms with E-state index in [0.717, 1.165) is 24.6 Å². The van der Waals surface area contributed by atoms with E-state index in [1.54, 1.807) is 0 Å². The van der Waals surface area contributed by atoms with Crippen molar-refractivity contribution in [1.82, 2.24) is 0 Å². The summed E-state index contributed by atoms with van der Waals surface area (Å²) in [5, 5.41) is 0. The Bertz CT molecular complexity index is 242. The standard InChI is InChI=1S/C15H29Cl3OSi/c1-15(2)14-19-12-10-8-6-4-3-5-7-9-11-13-20(16,17)18/h1,3-14H2,2H3. The average Bonchev–Trinajstić information content (AvgIpc) is 2.33. The van der Waals surface area contributed by atoms with E-state index >= 15 is 0 Å². The summed E-state index contributed by atoms with van der Waals surface area (Å²) < 4.78 is 5.47. The Morgan fingerprint density at radius 1 is 0.850 bits per heavy atom. The summed E-state index contributed by atoms with van der Waals surface area (Å²) in [6, 6.07) is -1.55. The second kappa shape index (κ2) is 13.4. The lowest BCUT2D eigenvalue weighted by molar-refractivity contribution is 0.151. The molecule has 20 heavy (non-hydrogen) atoms. The molecule has 1 nitrogen and oxygen atoms in total. The minimum Gasteiger partial charge on any atom is -0.377 e. The molecule has 0 aromatic heterocycles. The van der Waals surface area contributed by atoms with Crippen LogP contribution in [0.25, 0.3) is 0 Å². The van der Waals surface area contributed by atoms with Gasteiger partial charge >= 0.3 is 6.00 Å². The lowest BCUT2D eigenvalue weighted by Crippen LogP contribution is -2.07. The van der Waals surface area contributed by atoms with Crippen LogP contribution in [0.2, 0.25) is 6.04 Å². The van der Waals surface area contributed by atoms with Crippen LogP contribution in [-0.2, 0) is 4.74 Å². The lowest BCUT2D eigenvalue weighted by atomic mass is 10.1. The van der Waals surface area contributed by atoms with Crippen LogP contribution in [0, 0.1) is 0 Å². The van der Waals surface area contributed by atoms with Gasteiger partial charge in [-0.05, 0) is 19.4 Å². The van der Waals surface area contributed by atoms with E-state index in [1.807, 2.05) is 6.92 Å². The smallest absolute Gasteiger partial charge is 0.341 e. The first-order chi connectivity index (χ1) is 9.42. The topological polar surface area (TPSA) is 9.23 Å². The van der Waals surface area contributed by atoms with Gasteiger partial charge in [-0.2, -0.15) is 0 Å². The summed E-state index contributed by atoms with van der Waals surface area (Å²) in [6.07, 6.45) is 11.3. The van der Waals surface area contributed by atoms with Crippen molar-refractivity contribution in [1.29, 1.82) is 0 Å². The molecule has 0 aromatic rings. The lowest BCUT2D eigenvalue weighted by Gasteiger charge is -2.07. The van der Waals surface area contributed by atoms with Crippen molar-refractivity contribution in [3.8, 4) is 0 Å². The molecule has 0 saturated heterocycles. The van der Waals surface area contributed by atoms with Crippen molar-refractivity contribution >= 4 is 39.2 Å². The van der Waals surface area contributed by atoms with Gasteiger partial charge in [-0.3, -0.25) is 0 Å². The van der Waals surface area contributed by atoms with Crippen LogP contribution in [0.1, 0.15) is 64.7 Å². The van der Waals surface area contributed by atoms with E-state index in [0.29, 0.717) is 6.61 Å². The molecule has 0 aliphatic carbocycles. The minimum atomic E-state index is -2.36. The van der Waals surface area contributed by atoms with Gasteiger partial charge in [0.05, 0.1) is 6.61 Å². The summed E-state index contributed by atoms with van der Waals surface area (Å²) >= 11 is 17.5. The van der Waals surface area contributed by atoms with Crippen molar-refractivity contribution in [2.24, 2.45) is 0 Å². The minimum absolute atomic E-state index is 0.705. The van der Waals surface area contributed by atoms with E-state index in [9.17, 15) is 0 Å². The van der Waals surface area contributed by atoms with Gasteiger partial charge in [0, 0.05) is 6.61 Å². The Labute approximate surface area is 140 Å². The Hall–Kier alpha value is 0.787. The summed E-state index contributed by atoms with van der Waals surface area (Å²) in [5.41, 5.74) is 1.10. The number of rotatable bonds is 14. The van der Waals surface area contributed by atoms with E-state index in [-0.39, 0.29) is 0 Å². The molecule has 0 aliphatic heterocycles. The number of ether oxygens (including phenoxy) is 1. The maximum absolute atomic E-state index is 5.84. The van der Waals surface area contributed by atoms with Crippen LogP contribution in [0.3, 0.4) is 0 Å². The molecule has 5 heteroatoms. The van der Waals surface area contributed by atoms with E-state index in [2.05, 4.69) is 6.58 Å². The second-order valence-corrected chi connectivity index (χ2v) is 14.8. The fourth-order valence-corrected chi connectivity index (χ4v) is 3.87. The maximum atomic E-state index is 5.84. The molecule has 0 bridgehead atoms. The molecule has 0 N–H and O–H groups in total. The molecule has 0 unspecified atom stereocenters. The molecule has 0 radical (unpaired) electrons. The Balaban J connectivity index is 3.05. The fourth-order valence-electron chi connectivity index (χ4n) is 2.01. The predicted octanol–water partition coefficient (Wildman–Crippen LogP) is 6.75. The van der Waals surface area contributed by atoms with Gasteiger partial charge in [-0.15, -0.1) is 33.2 Å². The third kappa shape index (κ3) is 18.8. The molecular formula is C15H29Cl3OSi. The molecular weight excluding hydrogens is 331 g/mol. The predicted molar refractivity (Wildman–Crippen MR) is 95.3 cm³/mol. The van der Waals surface area contributed by atoms with Gasteiger partial charge in [0.1, 0.15) is 0 Å². The number of halogens is 3. The van der Waals surface area contributed by atoms with Crippen LogP contribution in [0.15, 0.2) is 12.2 Å². The molecule has 0 amide bonds. The highest BCUT2D eigenvalue weighted by molar-refractivity contribution is 7.64. The first-order valence-corrected chi connectivity index (χ1v) is 12.9. The third-order valence-electron chi connectivity index (χ3n) is 3.10. The van der Waals surface area contributed by atoms with Crippen molar-refractivity contribution in [2.45, 2.75) is 70.8 Å². The largest absolute Gasteiger partial charge is 0.377 e. The van der Waals surface area contributed by atoms with Crippen molar-refractivity contribution in [2.75, 3.05) is 13.2 Å². The van der Waals surface area contributed by atoms with Gasteiger partial charge in [0.25, 0.3) is 0 Å². The molecule has 0 saturated carbocycles.